The van der Waals surface area contributed by atoms with E-state index in [4.69, 9.17) is 0 Å². The predicted molar refractivity (Wildman–Crippen MR) is 69.7 cm³/mol. The van der Waals surface area contributed by atoms with Crippen LogP contribution in [0.15, 0.2) is 0 Å². The van der Waals surface area contributed by atoms with E-state index in [1.807, 2.05) is 0 Å². The fourth-order valence-corrected chi connectivity index (χ4v) is 3.34. The maximum Gasteiger partial charge on any atom is 0.0209 e. The Morgan fingerprint density at radius 2 is 2.00 bits per heavy atom. The molecule has 1 heterocycles. The normalized spacial score (nSPS) is 32.6. The molecule has 0 aromatic rings. The van der Waals surface area contributed by atoms with Crippen molar-refractivity contribution >= 4 is 0 Å². The summed E-state index contributed by atoms with van der Waals surface area (Å²) in [5, 5.41) is 3.72. The minimum atomic E-state index is 0.753. The van der Waals surface area contributed by atoms with E-state index in [0.717, 1.165) is 18.0 Å². The van der Waals surface area contributed by atoms with Gasteiger partial charge in [0.1, 0.15) is 0 Å². The van der Waals surface area contributed by atoms with Crippen LogP contribution in [-0.4, -0.2) is 37.1 Å². The van der Waals surface area contributed by atoms with Gasteiger partial charge < -0.3 is 10.2 Å². The number of rotatable bonds is 5. The third-order valence-electron chi connectivity index (χ3n) is 4.58. The van der Waals surface area contributed by atoms with Gasteiger partial charge in [-0.3, -0.25) is 0 Å². The molecule has 2 aliphatic rings. The molecule has 1 aliphatic carbocycles. The Bertz CT molecular complexity index is 189. The summed E-state index contributed by atoms with van der Waals surface area (Å²) in [6.45, 7) is 4.81. The molecule has 0 spiro atoms. The van der Waals surface area contributed by atoms with E-state index in [1.54, 1.807) is 0 Å². The van der Waals surface area contributed by atoms with Gasteiger partial charge in [0.2, 0.25) is 0 Å². The summed E-state index contributed by atoms with van der Waals surface area (Å²) in [7, 11) is 2.24. The van der Waals surface area contributed by atoms with Crippen LogP contribution in [0.4, 0.5) is 0 Å². The zero-order chi connectivity index (χ0) is 11.4. The molecule has 0 aromatic heterocycles. The zero-order valence-electron chi connectivity index (χ0n) is 11.0. The summed E-state index contributed by atoms with van der Waals surface area (Å²) in [5.74, 6) is 1.06. The highest BCUT2D eigenvalue weighted by molar-refractivity contribution is 4.84. The van der Waals surface area contributed by atoms with Crippen LogP contribution in [0, 0.1) is 5.92 Å². The Morgan fingerprint density at radius 1 is 1.25 bits per heavy atom. The lowest BCUT2D eigenvalue weighted by atomic mass is 10.0. The number of nitrogens with one attached hydrogen (secondary N) is 1. The standard InChI is InChI=1S/C14H28N2/c1-12-10-14(11-16(12)2)15-9-5-8-13-6-3-4-7-13/h12-15H,3-11H2,1-2H3. The smallest absolute Gasteiger partial charge is 0.0209 e. The Labute approximate surface area is 101 Å². The lowest BCUT2D eigenvalue weighted by Gasteiger charge is -2.14. The first-order valence-corrected chi connectivity index (χ1v) is 7.19. The largest absolute Gasteiger partial charge is 0.313 e. The topological polar surface area (TPSA) is 15.3 Å². The fourth-order valence-electron chi connectivity index (χ4n) is 3.34. The van der Waals surface area contributed by atoms with Gasteiger partial charge in [0.25, 0.3) is 0 Å². The summed E-state index contributed by atoms with van der Waals surface area (Å²) >= 11 is 0. The molecule has 0 amide bonds. The van der Waals surface area contributed by atoms with Crippen molar-refractivity contribution in [3.05, 3.63) is 0 Å². The molecule has 1 saturated heterocycles. The summed E-state index contributed by atoms with van der Waals surface area (Å²) in [5.41, 5.74) is 0. The molecule has 1 aliphatic heterocycles. The number of hydrogen-bond donors (Lipinski definition) is 1. The third kappa shape index (κ3) is 3.46. The second kappa shape index (κ2) is 6.02. The van der Waals surface area contributed by atoms with Gasteiger partial charge in [0.05, 0.1) is 0 Å². The third-order valence-corrected chi connectivity index (χ3v) is 4.58. The van der Waals surface area contributed by atoms with Gasteiger partial charge in [-0.1, -0.05) is 25.7 Å². The van der Waals surface area contributed by atoms with Crippen LogP contribution in [0.5, 0.6) is 0 Å². The van der Waals surface area contributed by atoms with Gasteiger partial charge in [-0.25, -0.2) is 0 Å². The molecule has 2 heteroatoms. The molecule has 2 nitrogen and oxygen atoms in total. The lowest BCUT2D eigenvalue weighted by Crippen LogP contribution is -2.32. The lowest BCUT2D eigenvalue weighted by molar-refractivity contribution is 0.326. The highest BCUT2D eigenvalue weighted by atomic mass is 15.2. The molecule has 0 bridgehead atoms. The van der Waals surface area contributed by atoms with Gasteiger partial charge in [-0.05, 0) is 45.7 Å². The summed E-state index contributed by atoms with van der Waals surface area (Å²) in [6.07, 6.45) is 10.2. The molecule has 0 aromatic carbocycles. The van der Waals surface area contributed by atoms with Gasteiger partial charge in [-0.15, -0.1) is 0 Å². The predicted octanol–water partition coefficient (Wildman–Crippen LogP) is 2.64. The van der Waals surface area contributed by atoms with E-state index in [0.29, 0.717) is 0 Å². The van der Waals surface area contributed by atoms with Gasteiger partial charge in [-0.2, -0.15) is 0 Å². The SMILES string of the molecule is CC1CC(NCCCC2CCCC2)CN1C. The van der Waals surface area contributed by atoms with Crippen molar-refractivity contribution in [1.82, 2.24) is 10.2 Å². The minimum Gasteiger partial charge on any atom is -0.313 e. The molecule has 16 heavy (non-hydrogen) atoms. The number of likely N-dealkylation sites (tertiary alicyclic amines) is 1. The second-order valence-electron chi connectivity index (χ2n) is 5.97. The van der Waals surface area contributed by atoms with Crippen molar-refractivity contribution < 1.29 is 0 Å². The van der Waals surface area contributed by atoms with Crippen molar-refractivity contribution in [2.75, 3.05) is 20.1 Å². The second-order valence-corrected chi connectivity index (χ2v) is 5.97. The van der Waals surface area contributed by atoms with Crippen LogP contribution in [0.2, 0.25) is 0 Å². The molecular formula is C14H28N2. The van der Waals surface area contributed by atoms with Crippen LogP contribution in [-0.2, 0) is 0 Å². The van der Waals surface area contributed by atoms with Crippen molar-refractivity contribution in [2.45, 2.75) is 64.0 Å². The molecule has 2 unspecified atom stereocenters. The van der Waals surface area contributed by atoms with Crippen LogP contribution in [0.3, 0.4) is 0 Å². The Kier molecular flexibility index (Phi) is 4.66. The molecular weight excluding hydrogens is 196 g/mol. The monoisotopic (exact) mass is 224 g/mol. The first kappa shape index (κ1) is 12.4. The number of hydrogen-bond acceptors (Lipinski definition) is 2. The molecule has 2 fully saturated rings. The summed E-state index contributed by atoms with van der Waals surface area (Å²) < 4.78 is 0. The molecule has 94 valence electrons. The Hall–Kier alpha value is -0.0800. The molecule has 1 saturated carbocycles. The molecule has 2 rings (SSSR count). The van der Waals surface area contributed by atoms with E-state index in [2.05, 4.69) is 24.2 Å². The van der Waals surface area contributed by atoms with E-state index >= 15 is 0 Å². The highest BCUT2D eigenvalue weighted by Crippen LogP contribution is 2.28. The maximum absolute atomic E-state index is 3.72. The molecule has 2 atom stereocenters. The Balaban J connectivity index is 1.51. The molecule has 1 N–H and O–H groups in total. The minimum absolute atomic E-state index is 0.753. The average Bonchev–Trinajstić information content (AvgIpc) is 2.85. The van der Waals surface area contributed by atoms with Crippen molar-refractivity contribution in [1.29, 1.82) is 0 Å². The molecule has 0 radical (unpaired) electrons. The van der Waals surface area contributed by atoms with E-state index in [1.165, 1.54) is 58.0 Å². The fraction of sp³-hybridized carbons (Fsp3) is 1.00. The van der Waals surface area contributed by atoms with Gasteiger partial charge in [0, 0.05) is 18.6 Å². The van der Waals surface area contributed by atoms with E-state index in [9.17, 15) is 0 Å². The van der Waals surface area contributed by atoms with Crippen LogP contribution in [0.25, 0.3) is 0 Å². The van der Waals surface area contributed by atoms with Gasteiger partial charge >= 0.3 is 0 Å². The first-order valence-electron chi connectivity index (χ1n) is 7.19. The van der Waals surface area contributed by atoms with Crippen LogP contribution < -0.4 is 5.32 Å². The first-order chi connectivity index (χ1) is 7.75. The summed E-state index contributed by atoms with van der Waals surface area (Å²) in [4.78, 5) is 2.47. The van der Waals surface area contributed by atoms with Crippen molar-refractivity contribution in [2.24, 2.45) is 5.92 Å². The maximum atomic E-state index is 3.72. The van der Waals surface area contributed by atoms with E-state index in [-0.39, 0.29) is 0 Å². The zero-order valence-corrected chi connectivity index (χ0v) is 11.0. The number of likely N-dealkylation sites (N-methyl/N-ethyl adjacent to an activating group) is 1. The van der Waals surface area contributed by atoms with Crippen LogP contribution >= 0.6 is 0 Å². The van der Waals surface area contributed by atoms with Crippen LogP contribution in [0.1, 0.15) is 51.9 Å². The van der Waals surface area contributed by atoms with Gasteiger partial charge in [0.15, 0.2) is 0 Å². The highest BCUT2D eigenvalue weighted by Gasteiger charge is 2.25. The van der Waals surface area contributed by atoms with Crippen molar-refractivity contribution in [3.8, 4) is 0 Å². The quantitative estimate of drug-likeness (QED) is 0.722. The van der Waals surface area contributed by atoms with E-state index < -0.39 is 0 Å². The average molecular weight is 224 g/mol. The summed E-state index contributed by atoms with van der Waals surface area (Å²) in [6, 6.07) is 1.52. The Morgan fingerprint density at radius 3 is 2.62 bits per heavy atom. The van der Waals surface area contributed by atoms with Crippen molar-refractivity contribution in [3.63, 3.8) is 0 Å². The number of nitrogens with zero attached hydrogens (tertiary/aromatic N) is 1.